The third-order valence-electron chi connectivity index (χ3n) is 3.60. The second kappa shape index (κ2) is 4.56. The minimum atomic E-state index is 0.565. The average Bonchev–Trinajstić information content (AvgIpc) is 2.59. The molecule has 0 atom stereocenters. The quantitative estimate of drug-likeness (QED) is 0.621. The molecule has 1 aliphatic rings. The molecule has 2 aromatic rings. The Hall–Kier alpha value is -1.23. The Labute approximate surface area is 105 Å². The fourth-order valence-electron chi connectivity index (χ4n) is 2.69. The molecule has 3 rings (SSSR count). The van der Waals surface area contributed by atoms with Crippen molar-refractivity contribution >= 4 is 23.4 Å². The van der Waals surface area contributed by atoms with Crippen molar-refractivity contribution in [1.82, 2.24) is 19.5 Å². The van der Waals surface area contributed by atoms with Crippen LogP contribution in [0.2, 0.25) is 0 Å². The third kappa shape index (κ3) is 1.99. The van der Waals surface area contributed by atoms with Gasteiger partial charge in [0.1, 0.15) is 11.2 Å². The molecule has 0 radical (unpaired) electrons. The van der Waals surface area contributed by atoms with Crippen LogP contribution in [0.1, 0.15) is 44.6 Å². The Bertz CT molecular complexity index is 563. The number of imidazole rings is 1. The fourth-order valence-corrected chi connectivity index (χ4v) is 2.89. The molecule has 5 heteroatoms. The van der Waals surface area contributed by atoms with Gasteiger partial charge in [-0.05, 0) is 12.8 Å². The molecule has 90 valence electrons. The van der Waals surface area contributed by atoms with E-state index < -0.39 is 0 Å². The van der Waals surface area contributed by atoms with Gasteiger partial charge in [0.25, 0.3) is 0 Å². The summed E-state index contributed by atoms with van der Waals surface area (Å²) >= 11 is 5.19. The van der Waals surface area contributed by atoms with Crippen LogP contribution in [0.4, 0.5) is 0 Å². The van der Waals surface area contributed by atoms with Gasteiger partial charge in [0.05, 0.1) is 12.7 Å². The summed E-state index contributed by atoms with van der Waals surface area (Å²) in [5, 5.41) is 0. The van der Waals surface area contributed by atoms with E-state index in [0.717, 1.165) is 11.2 Å². The number of aromatic nitrogens is 4. The highest BCUT2D eigenvalue weighted by molar-refractivity contribution is 7.71. The summed E-state index contributed by atoms with van der Waals surface area (Å²) in [6.07, 6.45) is 11.4. The van der Waals surface area contributed by atoms with E-state index in [4.69, 9.17) is 12.2 Å². The molecule has 1 saturated carbocycles. The van der Waals surface area contributed by atoms with Crippen molar-refractivity contribution in [1.29, 1.82) is 0 Å². The van der Waals surface area contributed by atoms with Gasteiger partial charge in [0.2, 0.25) is 0 Å². The maximum atomic E-state index is 5.19. The number of hydrogen-bond donors (Lipinski definition) is 1. The lowest BCUT2D eigenvalue weighted by atomic mass is 10.1. The molecule has 0 spiro atoms. The van der Waals surface area contributed by atoms with E-state index in [9.17, 15) is 0 Å². The second-order valence-electron chi connectivity index (χ2n) is 4.70. The number of hydrogen-bond acceptors (Lipinski definition) is 3. The van der Waals surface area contributed by atoms with E-state index in [1.165, 1.54) is 38.5 Å². The molecule has 17 heavy (non-hydrogen) atoms. The van der Waals surface area contributed by atoms with Crippen molar-refractivity contribution in [2.45, 2.75) is 44.6 Å². The van der Waals surface area contributed by atoms with Gasteiger partial charge in [-0.1, -0.05) is 37.9 Å². The lowest BCUT2D eigenvalue weighted by Gasteiger charge is -2.16. The number of aromatic amines is 1. The Morgan fingerprint density at radius 1 is 1.18 bits per heavy atom. The molecule has 1 N–H and O–H groups in total. The smallest absolute Gasteiger partial charge is 0.157 e. The topological polar surface area (TPSA) is 46.5 Å². The molecule has 2 heterocycles. The van der Waals surface area contributed by atoms with Gasteiger partial charge < -0.3 is 9.55 Å². The number of nitrogens with one attached hydrogen (secondary N) is 1. The van der Waals surface area contributed by atoms with Crippen LogP contribution in [-0.2, 0) is 0 Å². The zero-order valence-corrected chi connectivity index (χ0v) is 10.5. The second-order valence-corrected chi connectivity index (χ2v) is 5.09. The predicted octanol–water partition coefficient (Wildman–Crippen LogP) is 3.38. The summed E-state index contributed by atoms with van der Waals surface area (Å²) in [4.78, 5) is 11.6. The van der Waals surface area contributed by atoms with Gasteiger partial charge >= 0.3 is 0 Å². The molecule has 1 aliphatic carbocycles. The van der Waals surface area contributed by atoms with Gasteiger partial charge in [-0.2, -0.15) is 0 Å². The van der Waals surface area contributed by atoms with Crippen LogP contribution in [0.5, 0.6) is 0 Å². The molecule has 2 aromatic heterocycles. The predicted molar refractivity (Wildman–Crippen MR) is 69.5 cm³/mol. The first kappa shape index (κ1) is 10.9. The highest BCUT2D eigenvalue weighted by atomic mass is 32.1. The molecule has 0 aliphatic heterocycles. The van der Waals surface area contributed by atoms with Crippen LogP contribution >= 0.6 is 12.2 Å². The maximum absolute atomic E-state index is 5.19. The van der Waals surface area contributed by atoms with E-state index in [2.05, 4.69) is 19.5 Å². The monoisotopic (exact) mass is 248 g/mol. The first-order valence-electron chi connectivity index (χ1n) is 6.26. The van der Waals surface area contributed by atoms with Crippen LogP contribution < -0.4 is 0 Å². The number of fused-ring (bicyclic) bond motifs is 1. The fraction of sp³-hybridized carbons (Fsp3) is 0.583. The average molecular weight is 248 g/mol. The van der Waals surface area contributed by atoms with Crippen molar-refractivity contribution in [3.63, 3.8) is 0 Å². The third-order valence-corrected chi connectivity index (χ3v) is 3.90. The molecule has 0 bridgehead atoms. The van der Waals surface area contributed by atoms with Gasteiger partial charge in [-0.25, -0.2) is 9.97 Å². The first-order chi connectivity index (χ1) is 8.36. The standard InChI is InChI=1S/C12H16N4S/c17-12-10-11(13-7-14-12)16(8-15-10)9-5-3-1-2-4-6-9/h7-9H,1-6H2,(H,13,14,17). The van der Waals surface area contributed by atoms with E-state index in [1.54, 1.807) is 6.33 Å². The Balaban J connectivity index is 2.04. The summed E-state index contributed by atoms with van der Waals surface area (Å²) in [5.41, 5.74) is 1.85. The minimum absolute atomic E-state index is 0.565. The van der Waals surface area contributed by atoms with E-state index in [1.807, 2.05) is 6.33 Å². The van der Waals surface area contributed by atoms with Crippen LogP contribution in [-0.4, -0.2) is 19.5 Å². The van der Waals surface area contributed by atoms with Gasteiger partial charge in [-0.15, -0.1) is 0 Å². The first-order valence-corrected chi connectivity index (χ1v) is 6.67. The minimum Gasteiger partial charge on any atom is -0.330 e. The van der Waals surface area contributed by atoms with Crippen LogP contribution in [0.3, 0.4) is 0 Å². The molecule has 1 fully saturated rings. The van der Waals surface area contributed by atoms with Crippen molar-refractivity contribution in [2.75, 3.05) is 0 Å². The summed E-state index contributed by atoms with van der Waals surface area (Å²) in [5.74, 6) is 0. The van der Waals surface area contributed by atoms with Crippen LogP contribution in [0.15, 0.2) is 12.7 Å². The maximum Gasteiger partial charge on any atom is 0.157 e. The summed E-state index contributed by atoms with van der Waals surface area (Å²) in [6.45, 7) is 0. The molecule has 0 saturated heterocycles. The lowest BCUT2D eigenvalue weighted by Crippen LogP contribution is -2.07. The lowest BCUT2D eigenvalue weighted by molar-refractivity contribution is 0.451. The van der Waals surface area contributed by atoms with Crippen molar-refractivity contribution < 1.29 is 0 Å². The Kier molecular flexibility index (Phi) is 2.93. The Morgan fingerprint density at radius 3 is 2.71 bits per heavy atom. The van der Waals surface area contributed by atoms with E-state index in [-0.39, 0.29) is 0 Å². The summed E-state index contributed by atoms with van der Waals surface area (Å²) in [7, 11) is 0. The number of H-pyrrole nitrogens is 1. The molecule has 0 unspecified atom stereocenters. The van der Waals surface area contributed by atoms with E-state index >= 15 is 0 Å². The van der Waals surface area contributed by atoms with Crippen LogP contribution in [0.25, 0.3) is 11.2 Å². The van der Waals surface area contributed by atoms with Crippen molar-refractivity contribution in [2.24, 2.45) is 0 Å². The SMILES string of the molecule is S=c1nc[nH]c2c1ncn2C1CCCCCC1. The highest BCUT2D eigenvalue weighted by Crippen LogP contribution is 2.29. The summed E-state index contributed by atoms with van der Waals surface area (Å²) in [6, 6.07) is 0.565. The van der Waals surface area contributed by atoms with E-state index in [0.29, 0.717) is 10.7 Å². The van der Waals surface area contributed by atoms with Gasteiger partial charge in [0.15, 0.2) is 4.64 Å². The molecule has 0 amide bonds. The van der Waals surface area contributed by atoms with Gasteiger partial charge in [-0.3, -0.25) is 0 Å². The molecule has 4 nitrogen and oxygen atoms in total. The summed E-state index contributed by atoms with van der Waals surface area (Å²) < 4.78 is 2.84. The van der Waals surface area contributed by atoms with Gasteiger partial charge in [0, 0.05) is 6.04 Å². The molecule has 0 aromatic carbocycles. The number of nitrogens with zero attached hydrogens (tertiary/aromatic N) is 3. The highest BCUT2D eigenvalue weighted by Gasteiger charge is 2.16. The zero-order chi connectivity index (χ0) is 11.7. The number of rotatable bonds is 1. The Morgan fingerprint density at radius 2 is 1.94 bits per heavy atom. The zero-order valence-electron chi connectivity index (χ0n) is 9.72. The van der Waals surface area contributed by atoms with Crippen molar-refractivity contribution in [3.05, 3.63) is 17.3 Å². The molecular weight excluding hydrogens is 232 g/mol. The molecular formula is C12H16N4S. The largest absolute Gasteiger partial charge is 0.330 e. The normalized spacial score (nSPS) is 18.4. The van der Waals surface area contributed by atoms with Crippen molar-refractivity contribution in [3.8, 4) is 0 Å². The van der Waals surface area contributed by atoms with Crippen LogP contribution in [0, 0.1) is 4.64 Å².